The normalized spacial score (nSPS) is 25.0. The molecule has 2 atom stereocenters. The highest BCUT2D eigenvalue weighted by Gasteiger charge is 2.50. The largest absolute Gasteiger partial charge is 0.348 e. The Labute approximate surface area is 156 Å². The maximum absolute atomic E-state index is 13.5. The molecule has 1 N–H and O–H groups in total. The Morgan fingerprint density at radius 3 is 2.89 bits per heavy atom. The summed E-state index contributed by atoms with van der Waals surface area (Å²) in [5.41, 5.74) is -0.130. The van der Waals surface area contributed by atoms with E-state index in [-0.39, 0.29) is 17.9 Å². The number of rotatable bonds is 3. The first-order valence-electron chi connectivity index (χ1n) is 9.23. The Balaban J connectivity index is 1.47. The van der Waals surface area contributed by atoms with Gasteiger partial charge >= 0.3 is 0 Å². The number of halogens is 1. The number of nitrogens with zero attached hydrogens (tertiary/aromatic N) is 3. The first-order valence-corrected chi connectivity index (χ1v) is 9.23. The molecule has 27 heavy (non-hydrogen) atoms. The summed E-state index contributed by atoms with van der Waals surface area (Å²) in [4.78, 5) is 35.3. The summed E-state index contributed by atoms with van der Waals surface area (Å²) in [5, 5.41) is 3.02. The van der Waals surface area contributed by atoms with E-state index in [1.165, 1.54) is 18.3 Å². The van der Waals surface area contributed by atoms with Crippen molar-refractivity contribution < 1.29 is 14.0 Å². The number of amides is 2. The number of hydrogen-bond donors (Lipinski definition) is 1. The van der Waals surface area contributed by atoms with E-state index in [4.69, 9.17) is 0 Å². The fraction of sp³-hybridized carbons (Fsp3) is 0.400. The lowest BCUT2D eigenvalue weighted by Gasteiger charge is -2.36. The van der Waals surface area contributed by atoms with Crippen LogP contribution in [-0.2, 0) is 4.79 Å². The number of carbonyl (C=O) groups is 2. The zero-order valence-corrected chi connectivity index (χ0v) is 14.9. The topological polar surface area (TPSA) is 75.2 Å². The van der Waals surface area contributed by atoms with Gasteiger partial charge in [0, 0.05) is 31.0 Å². The highest BCUT2D eigenvalue weighted by Crippen LogP contribution is 2.45. The molecule has 6 nitrogen and oxygen atoms in total. The summed E-state index contributed by atoms with van der Waals surface area (Å²) < 4.78 is 13.5. The molecule has 1 saturated heterocycles. The van der Waals surface area contributed by atoms with Crippen molar-refractivity contribution in [1.29, 1.82) is 0 Å². The van der Waals surface area contributed by atoms with Gasteiger partial charge in [-0.2, -0.15) is 0 Å². The summed E-state index contributed by atoms with van der Waals surface area (Å²) in [5.74, 6) is -0.279. The fourth-order valence-electron chi connectivity index (χ4n) is 4.24. The molecule has 2 aromatic rings. The Morgan fingerprint density at radius 1 is 1.22 bits per heavy atom. The minimum absolute atomic E-state index is 0.0163. The second kappa shape index (κ2) is 7.06. The van der Waals surface area contributed by atoms with Gasteiger partial charge in [0.05, 0.1) is 5.41 Å². The van der Waals surface area contributed by atoms with E-state index in [2.05, 4.69) is 15.3 Å². The molecular weight excluding hydrogens is 347 g/mol. The molecule has 0 unspecified atom stereocenters. The van der Waals surface area contributed by atoms with Crippen LogP contribution >= 0.6 is 0 Å². The maximum atomic E-state index is 13.5. The maximum Gasteiger partial charge on any atom is 0.270 e. The molecule has 0 aromatic carbocycles. The molecule has 2 aliphatic rings. The van der Waals surface area contributed by atoms with E-state index >= 15 is 0 Å². The predicted octanol–water partition coefficient (Wildman–Crippen LogP) is 2.71. The number of hydrogen-bond acceptors (Lipinski definition) is 4. The average molecular weight is 368 g/mol. The van der Waals surface area contributed by atoms with Gasteiger partial charge in [0.2, 0.25) is 5.91 Å². The molecule has 2 fully saturated rings. The number of pyridine rings is 2. The highest BCUT2D eigenvalue weighted by atomic mass is 19.1. The molecule has 2 aromatic heterocycles. The first-order chi connectivity index (χ1) is 13.1. The summed E-state index contributed by atoms with van der Waals surface area (Å²) >= 11 is 0. The van der Waals surface area contributed by atoms with Gasteiger partial charge in [-0.25, -0.2) is 9.37 Å². The van der Waals surface area contributed by atoms with E-state index in [1.807, 2.05) is 0 Å². The van der Waals surface area contributed by atoms with Crippen molar-refractivity contribution in [3.05, 3.63) is 54.2 Å². The molecule has 0 bridgehead atoms. The molecule has 4 rings (SSSR count). The Hall–Kier alpha value is -2.83. The molecule has 2 amide bonds. The van der Waals surface area contributed by atoms with Crippen molar-refractivity contribution in [3.63, 3.8) is 0 Å². The van der Waals surface area contributed by atoms with Gasteiger partial charge in [-0.05, 0) is 43.9 Å². The Kier molecular flexibility index (Phi) is 4.59. The van der Waals surface area contributed by atoms with Crippen LogP contribution in [0, 0.1) is 11.2 Å². The lowest BCUT2D eigenvalue weighted by Crippen LogP contribution is -2.46. The molecular formula is C20H21FN4O2. The van der Waals surface area contributed by atoms with E-state index in [0.717, 1.165) is 19.3 Å². The van der Waals surface area contributed by atoms with Crippen LogP contribution in [0.15, 0.2) is 42.7 Å². The van der Waals surface area contributed by atoms with E-state index in [9.17, 15) is 14.0 Å². The van der Waals surface area contributed by atoms with Crippen LogP contribution < -0.4 is 10.2 Å². The van der Waals surface area contributed by atoms with Gasteiger partial charge in [-0.1, -0.05) is 12.5 Å². The summed E-state index contributed by atoms with van der Waals surface area (Å²) in [7, 11) is 0. The van der Waals surface area contributed by atoms with Gasteiger partial charge in [0.15, 0.2) is 0 Å². The standard InChI is InChI=1S/C20H21FN4O2/c21-14-6-10-23-17(12-14)25-11-8-20(19(25)27)7-3-4-15(13-20)24-18(26)16-5-1-2-9-22-16/h1-2,5-6,9-10,12,15H,3-4,7-8,11,13H2,(H,24,26)/t15-,20-/m0/s1. The van der Waals surface area contributed by atoms with Gasteiger partial charge in [-0.3, -0.25) is 19.5 Å². The van der Waals surface area contributed by atoms with Crippen LogP contribution in [0.2, 0.25) is 0 Å². The molecule has 7 heteroatoms. The summed E-state index contributed by atoms with van der Waals surface area (Å²) in [6.45, 7) is 0.524. The minimum atomic E-state index is -0.506. The van der Waals surface area contributed by atoms with Crippen LogP contribution in [0.3, 0.4) is 0 Å². The van der Waals surface area contributed by atoms with Crippen LogP contribution in [0.25, 0.3) is 0 Å². The molecule has 1 spiro atoms. The molecule has 1 saturated carbocycles. The Morgan fingerprint density at radius 2 is 2.11 bits per heavy atom. The van der Waals surface area contributed by atoms with Crippen LogP contribution in [-0.4, -0.2) is 34.4 Å². The quantitative estimate of drug-likeness (QED) is 0.904. The number of carbonyl (C=O) groups excluding carboxylic acids is 2. The van der Waals surface area contributed by atoms with Crippen molar-refractivity contribution in [2.45, 2.75) is 38.1 Å². The SMILES string of the molecule is O=C(N[C@H]1CCC[C@]2(CCN(c3cc(F)ccn3)C2=O)C1)c1ccccn1. The zero-order chi connectivity index (χ0) is 18.9. The summed E-state index contributed by atoms with van der Waals surface area (Å²) in [6.07, 6.45) is 6.74. The van der Waals surface area contributed by atoms with Crippen molar-refractivity contribution in [1.82, 2.24) is 15.3 Å². The lowest BCUT2D eigenvalue weighted by molar-refractivity contribution is -0.127. The fourth-order valence-corrected chi connectivity index (χ4v) is 4.24. The Bertz CT molecular complexity index is 860. The van der Waals surface area contributed by atoms with Crippen LogP contribution in [0.5, 0.6) is 0 Å². The van der Waals surface area contributed by atoms with E-state index in [0.29, 0.717) is 30.9 Å². The van der Waals surface area contributed by atoms with E-state index in [1.54, 1.807) is 29.3 Å². The minimum Gasteiger partial charge on any atom is -0.348 e. The zero-order valence-electron chi connectivity index (χ0n) is 14.9. The number of anilines is 1. The summed E-state index contributed by atoms with van der Waals surface area (Å²) in [6, 6.07) is 7.70. The van der Waals surface area contributed by atoms with Gasteiger partial charge in [0.1, 0.15) is 17.3 Å². The number of nitrogens with one attached hydrogen (secondary N) is 1. The van der Waals surface area contributed by atoms with Gasteiger partial charge in [0.25, 0.3) is 5.91 Å². The molecule has 140 valence electrons. The monoisotopic (exact) mass is 368 g/mol. The predicted molar refractivity (Wildman–Crippen MR) is 97.6 cm³/mol. The highest BCUT2D eigenvalue weighted by molar-refractivity contribution is 5.99. The van der Waals surface area contributed by atoms with Crippen molar-refractivity contribution in [2.75, 3.05) is 11.4 Å². The average Bonchev–Trinajstić information content (AvgIpc) is 2.98. The number of aromatic nitrogens is 2. The van der Waals surface area contributed by atoms with Crippen LogP contribution in [0.4, 0.5) is 10.2 Å². The van der Waals surface area contributed by atoms with Crippen molar-refractivity contribution >= 4 is 17.6 Å². The first kappa shape index (κ1) is 17.6. The van der Waals surface area contributed by atoms with Crippen molar-refractivity contribution in [3.8, 4) is 0 Å². The third-order valence-corrected chi connectivity index (χ3v) is 5.57. The molecule has 3 heterocycles. The molecule has 0 radical (unpaired) electrons. The second-order valence-electron chi connectivity index (χ2n) is 7.30. The van der Waals surface area contributed by atoms with Crippen molar-refractivity contribution in [2.24, 2.45) is 5.41 Å². The smallest absolute Gasteiger partial charge is 0.270 e. The third kappa shape index (κ3) is 3.41. The van der Waals surface area contributed by atoms with E-state index < -0.39 is 11.2 Å². The van der Waals surface area contributed by atoms with Gasteiger partial charge < -0.3 is 5.32 Å². The third-order valence-electron chi connectivity index (χ3n) is 5.57. The van der Waals surface area contributed by atoms with Crippen LogP contribution in [0.1, 0.15) is 42.6 Å². The molecule has 1 aliphatic carbocycles. The lowest BCUT2D eigenvalue weighted by atomic mass is 9.71. The second-order valence-corrected chi connectivity index (χ2v) is 7.30. The van der Waals surface area contributed by atoms with Gasteiger partial charge in [-0.15, -0.1) is 0 Å². The molecule has 1 aliphatic heterocycles.